The maximum Gasteiger partial charge on any atom is 0.324 e. The number of nitrogens with zero attached hydrogens (tertiary/aromatic N) is 2. The predicted octanol–water partition coefficient (Wildman–Crippen LogP) is -0.0120. The van der Waals surface area contributed by atoms with E-state index in [9.17, 15) is 14.4 Å². The number of imide groups is 1. The average Bonchev–Trinajstić information content (AvgIpc) is 2.94. The highest BCUT2D eigenvalue weighted by atomic mass is 16.5. The van der Waals surface area contributed by atoms with Crippen molar-refractivity contribution in [3.05, 3.63) is 35.9 Å². The molecule has 2 fully saturated rings. The monoisotopic (exact) mass is 374 g/mol. The molecule has 27 heavy (non-hydrogen) atoms. The van der Waals surface area contributed by atoms with Crippen LogP contribution in [0.3, 0.4) is 0 Å². The van der Waals surface area contributed by atoms with Crippen molar-refractivity contribution in [2.45, 2.75) is 18.9 Å². The molecule has 0 radical (unpaired) electrons. The van der Waals surface area contributed by atoms with E-state index in [4.69, 9.17) is 4.74 Å². The molecule has 146 valence electrons. The van der Waals surface area contributed by atoms with E-state index >= 15 is 0 Å². The Hall–Kier alpha value is -2.45. The van der Waals surface area contributed by atoms with Gasteiger partial charge in [0.25, 0.3) is 5.91 Å². The molecule has 1 atom stereocenters. The first-order valence-electron chi connectivity index (χ1n) is 9.36. The van der Waals surface area contributed by atoms with Crippen molar-refractivity contribution < 1.29 is 19.1 Å². The number of benzene rings is 1. The molecule has 0 aromatic heterocycles. The summed E-state index contributed by atoms with van der Waals surface area (Å²) >= 11 is 0. The number of hydrogen-bond acceptors (Lipinski definition) is 5. The average molecular weight is 374 g/mol. The molecule has 2 aliphatic heterocycles. The molecule has 0 unspecified atom stereocenters. The summed E-state index contributed by atoms with van der Waals surface area (Å²) < 4.78 is 5.28. The van der Waals surface area contributed by atoms with Crippen LogP contribution in [0.1, 0.15) is 12.0 Å². The van der Waals surface area contributed by atoms with Crippen LogP contribution in [0.25, 0.3) is 0 Å². The van der Waals surface area contributed by atoms with Gasteiger partial charge in [-0.05, 0) is 12.0 Å². The summed E-state index contributed by atoms with van der Waals surface area (Å²) in [4.78, 5) is 40.0. The Bertz CT molecular complexity index is 661. The summed E-state index contributed by atoms with van der Waals surface area (Å²) in [5.74, 6) is -0.564. The molecule has 8 nitrogen and oxygen atoms in total. The number of morpholine rings is 1. The van der Waals surface area contributed by atoms with Crippen LogP contribution in [0.4, 0.5) is 4.79 Å². The second kappa shape index (κ2) is 9.48. The number of carbonyl (C=O) groups is 3. The van der Waals surface area contributed by atoms with Gasteiger partial charge in [0.15, 0.2) is 0 Å². The van der Waals surface area contributed by atoms with Crippen molar-refractivity contribution in [1.29, 1.82) is 0 Å². The first-order valence-corrected chi connectivity index (χ1v) is 9.36. The number of ether oxygens (including phenoxy) is 1. The van der Waals surface area contributed by atoms with Crippen molar-refractivity contribution in [1.82, 2.24) is 20.4 Å². The molecule has 4 amide bonds. The van der Waals surface area contributed by atoms with E-state index in [1.807, 2.05) is 30.3 Å². The number of rotatable bonds is 8. The lowest BCUT2D eigenvalue weighted by atomic mass is 10.1. The summed E-state index contributed by atoms with van der Waals surface area (Å²) in [5, 5.41) is 5.43. The van der Waals surface area contributed by atoms with Crippen LogP contribution >= 0.6 is 0 Å². The SMILES string of the molecule is O=C(C[C@H]1NC(=O)N(CCc2ccccc2)C1=O)NCCN1CCOCC1. The van der Waals surface area contributed by atoms with Gasteiger partial charge in [0.1, 0.15) is 6.04 Å². The van der Waals surface area contributed by atoms with E-state index in [2.05, 4.69) is 15.5 Å². The van der Waals surface area contributed by atoms with E-state index in [0.717, 1.165) is 38.4 Å². The standard InChI is InChI=1S/C19H26N4O4/c24-17(20-7-9-22-10-12-27-13-11-22)14-16-18(25)23(19(26)21-16)8-6-15-4-2-1-3-5-15/h1-5,16H,6-14H2,(H,20,24)(H,21,26)/t16-/m1/s1. The molecule has 3 rings (SSSR count). The zero-order valence-electron chi connectivity index (χ0n) is 15.4. The summed E-state index contributed by atoms with van der Waals surface area (Å²) in [5.41, 5.74) is 1.06. The number of urea groups is 1. The smallest absolute Gasteiger partial charge is 0.324 e. The van der Waals surface area contributed by atoms with E-state index in [-0.39, 0.29) is 18.2 Å². The normalized spacial score (nSPS) is 20.6. The Kier molecular flexibility index (Phi) is 6.78. The molecule has 1 aromatic carbocycles. The third-order valence-corrected chi connectivity index (χ3v) is 4.82. The van der Waals surface area contributed by atoms with Gasteiger partial charge in [-0.25, -0.2) is 4.79 Å². The lowest BCUT2D eigenvalue weighted by Crippen LogP contribution is -2.42. The van der Waals surface area contributed by atoms with Gasteiger partial charge in [0, 0.05) is 32.7 Å². The summed E-state index contributed by atoms with van der Waals surface area (Å²) in [6.45, 7) is 4.75. The molecule has 1 aromatic rings. The van der Waals surface area contributed by atoms with E-state index in [1.54, 1.807) is 0 Å². The Morgan fingerprint density at radius 1 is 1.15 bits per heavy atom. The van der Waals surface area contributed by atoms with Crippen LogP contribution in [0.15, 0.2) is 30.3 Å². The summed E-state index contributed by atoms with van der Waals surface area (Å²) in [7, 11) is 0. The second-order valence-electron chi connectivity index (χ2n) is 6.74. The van der Waals surface area contributed by atoms with Crippen LogP contribution in [0, 0.1) is 0 Å². The van der Waals surface area contributed by atoms with Gasteiger partial charge in [-0.3, -0.25) is 19.4 Å². The highest BCUT2D eigenvalue weighted by Crippen LogP contribution is 2.11. The Morgan fingerprint density at radius 2 is 1.89 bits per heavy atom. The third-order valence-electron chi connectivity index (χ3n) is 4.82. The van der Waals surface area contributed by atoms with Gasteiger partial charge in [0.05, 0.1) is 19.6 Å². The molecule has 2 N–H and O–H groups in total. The van der Waals surface area contributed by atoms with E-state index < -0.39 is 12.1 Å². The van der Waals surface area contributed by atoms with Crippen LogP contribution in [0.5, 0.6) is 0 Å². The van der Waals surface area contributed by atoms with E-state index in [1.165, 1.54) is 4.90 Å². The zero-order chi connectivity index (χ0) is 19.1. The maximum absolute atomic E-state index is 12.4. The number of carbonyl (C=O) groups excluding carboxylic acids is 3. The molecule has 0 saturated carbocycles. The van der Waals surface area contributed by atoms with Crippen molar-refractivity contribution in [3.63, 3.8) is 0 Å². The van der Waals surface area contributed by atoms with Crippen molar-refractivity contribution >= 4 is 17.8 Å². The predicted molar refractivity (Wildman–Crippen MR) is 99.1 cm³/mol. The fourth-order valence-electron chi connectivity index (χ4n) is 3.25. The summed E-state index contributed by atoms with van der Waals surface area (Å²) in [6.07, 6.45) is 0.563. The fraction of sp³-hybridized carbons (Fsp3) is 0.526. The minimum Gasteiger partial charge on any atom is -0.379 e. The third kappa shape index (κ3) is 5.51. The Balaban J connectivity index is 1.40. The molecule has 0 aliphatic carbocycles. The van der Waals surface area contributed by atoms with Crippen LogP contribution in [-0.4, -0.2) is 79.6 Å². The summed E-state index contributed by atoms with van der Waals surface area (Å²) in [6, 6.07) is 8.47. The van der Waals surface area contributed by atoms with Gasteiger partial charge in [0.2, 0.25) is 5.91 Å². The Morgan fingerprint density at radius 3 is 2.63 bits per heavy atom. The lowest BCUT2D eigenvalue weighted by molar-refractivity contribution is -0.130. The molecule has 8 heteroatoms. The molecule has 0 spiro atoms. The van der Waals surface area contributed by atoms with Gasteiger partial charge in [-0.1, -0.05) is 30.3 Å². The molecular weight excluding hydrogens is 348 g/mol. The topological polar surface area (TPSA) is 91.0 Å². The molecule has 2 aliphatic rings. The van der Waals surface area contributed by atoms with Crippen molar-refractivity contribution in [2.75, 3.05) is 45.9 Å². The van der Waals surface area contributed by atoms with Gasteiger partial charge in [-0.2, -0.15) is 0 Å². The first kappa shape index (κ1) is 19.3. The minimum absolute atomic E-state index is 0.0322. The Labute approximate surface area is 158 Å². The molecule has 2 saturated heterocycles. The van der Waals surface area contributed by atoms with E-state index in [0.29, 0.717) is 19.5 Å². The van der Waals surface area contributed by atoms with Gasteiger partial charge < -0.3 is 15.4 Å². The van der Waals surface area contributed by atoms with Crippen LogP contribution in [0.2, 0.25) is 0 Å². The minimum atomic E-state index is -0.781. The zero-order valence-corrected chi connectivity index (χ0v) is 15.4. The van der Waals surface area contributed by atoms with Gasteiger partial charge in [-0.15, -0.1) is 0 Å². The maximum atomic E-state index is 12.4. The van der Waals surface area contributed by atoms with Crippen LogP contribution in [-0.2, 0) is 20.7 Å². The van der Waals surface area contributed by atoms with Crippen molar-refractivity contribution in [2.24, 2.45) is 0 Å². The number of amides is 4. The largest absolute Gasteiger partial charge is 0.379 e. The van der Waals surface area contributed by atoms with Crippen LogP contribution < -0.4 is 10.6 Å². The molecule has 2 heterocycles. The quantitative estimate of drug-likeness (QED) is 0.625. The second-order valence-corrected chi connectivity index (χ2v) is 6.74. The highest BCUT2D eigenvalue weighted by molar-refractivity contribution is 6.05. The fourth-order valence-corrected chi connectivity index (χ4v) is 3.25. The highest BCUT2D eigenvalue weighted by Gasteiger charge is 2.38. The molecular formula is C19H26N4O4. The number of hydrogen-bond donors (Lipinski definition) is 2. The number of nitrogens with one attached hydrogen (secondary N) is 2. The lowest BCUT2D eigenvalue weighted by Gasteiger charge is -2.26. The molecule has 0 bridgehead atoms. The van der Waals surface area contributed by atoms with Crippen molar-refractivity contribution in [3.8, 4) is 0 Å². The van der Waals surface area contributed by atoms with Gasteiger partial charge >= 0.3 is 6.03 Å². The first-order chi connectivity index (χ1) is 13.1.